The van der Waals surface area contributed by atoms with E-state index in [1.54, 1.807) is 0 Å². The third-order valence-corrected chi connectivity index (χ3v) is 2.46. The highest BCUT2D eigenvalue weighted by Crippen LogP contribution is 2.32. The van der Waals surface area contributed by atoms with Crippen LogP contribution in [0.15, 0.2) is 18.2 Å². The molecule has 0 bridgehead atoms. The van der Waals surface area contributed by atoms with Gasteiger partial charge in [0, 0.05) is 12.6 Å². The van der Waals surface area contributed by atoms with Crippen LogP contribution < -0.4 is 0 Å². The van der Waals surface area contributed by atoms with Gasteiger partial charge in [-0.15, -0.1) is 0 Å². The van der Waals surface area contributed by atoms with E-state index < -0.39 is 36.0 Å². The maximum atomic E-state index is 13.1. The Morgan fingerprint density at radius 1 is 1.30 bits per heavy atom. The van der Waals surface area contributed by atoms with Crippen LogP contribution in [0.1, 0.15) is 15.9 Å². The van der Waals surface area contributed by atoms with Crippen molar-refractivity contribution in [1.29, 1.82) is 0 Å². The molecule has 0 radical (unpaired) electrons. The Morgan fingerprint density at radius 2 is 1.90 bits per heavy atom. The van der Waals surface area contributed by atoms with E-state index in [1.807, 2.05) is 0 Å². The zero-order valence-corrected chi connectivity index (χ0v) is 10.6. The Labute approximate surface area is 111 Å². The van der Waals surface area contributed by atoms with Gasteiger partial charge in [-0.25, -0.2) is 4.39 Å². The molecule has 0 saturated heterocycles. The maximum absolute atomic E-state index is 13.1. The molecule has 0 atom stereocenters. The van der Waals surface area contributed by atoms with E-state index >= 15 is 0 Å². The molecule has 0 aromatic heterocycles. The summed E-state index contributed by atoms with van der Waals surface area (Å²) in [5, 5.41) is 0. The molecule has 20 heavy (non-hydrogen) atoms. The van der Waals surface area contributed by atoms with E-state index in [0.717, 1.165) is 18.1 Å². The lowest BCUT2D eigenvalue weighted by atomic mass is 10.1. The third kappa shape index (κ3) is 3.69. The van der Waals surface area contributed by atoms with E-state index in [0.29, 0.717) is 12.1 Å². The molecular weight excluding hydrogens is 282 g/mol. The first-order chi connectivity index (χ1) is 9.16. The summed E-state index contributed by atoms with van der Waals surface area (Å²) in [6, 6.07) is 1.88. The topological polar surface area (TPSA) is 46.6 Å². The average Bonchev–Trinajstić information content (AvgIpc) is 2.36. The van der Waals surface area contributed by atoms with Crippen molar-refractivity contribution in [1.82, 2.24) is 4.90 Å². The fourth-order valence-electron chi connectivity index (χ4n) is 1.43. The number of amides is 1. The van der Waals surface area contributed by atoms with Gasteiger partial charge in [-0.05, 0) is 18.2 Å². The summed E-state index contributed by atoms with van der Waals surface area (Å²) < 4.78 is 55.0. The van der Waals surface area contributed by atoms with Gasteiger partial charge in [-0.3, -0.25) is 9.59 Å². The van der Waals surface area contributed by atoms with Crippen LogP contribution in [0.3, 0.4) is 0 Å². The zero-order chi connectivity index (χ0) is 15.5. The monoisotopic (exact) mass is 293 g/mol. The van der Waals surface area contributed by atoms with Crippen molar-refractivity contribution in [3.63, 3.8) is 0 Å². The van der Waals surface area contributed by atoms with Crippen LogP contribution >= 0.6 is 0 Å². The number of hydrogen-bond acceptors (Lipinski definition) is 3. The van der Waals surface area contributed by atoms with Gasteiger partial charge in [0.2, 0.25) is 0 Å². The van der Waals surface area contributed by atoms with Crippen molar-refractivity contribution in [3.8, 4) is 0 Å². The Bertz CT molecular complexity index is 528. The summed E-state index contributed by atoms with van der Waals surface area (Å²) in [6.45, 7) is -0.423. The van der Waals surface area contributed by atoms with E-state index in [1.165, 1.54) is 7.05 Å². The fraction of sp³-hybridized carbons (Fsp3) is 0.333. The van der Waals surface area contributed by atoms with Crippen LogP contribution in [0.2, 0.25) is 0 Å². The number of carbonyl (C=O) groups is 2. The van der Waals surface area contributed by atoms with E-state index in [2.05, 4.69) is 4.74 Å². The number of esters is 1. The minimum absolute atomic E-state index is 0.370. The second-order valence-electron chi connectivity index (χ2n) is 3.93. The van der Waals surface area contributed by atoms with Crippen LogP contribution in [-0.2, 0) is 15.7 Å². The summed E-state index contributed by atoms with van der Waals surface area (Å²) >= 11 is 0. The molecule has 0 heterocycles. The van der Waals surface area contributed by atoms with Gasteiger partial charge in [0.1, 0.15) is 12.4 Å². The van der Waals surface area contributed by atoms with E-state index in [9.17, 15) is 27.2 Å². The molecule has 0 saturated carbocycles. The fourth-order valence-corrected chi connectivity index (χ4v) is 1.43. The van der Waals surface area contributed by atoms with Gasteiger partial charge < -0.3 is 9.64 Å². The molecule has 0 aliphatic carbocycles. The molecule has 1 aromatic rings. The third-order valence-electron chi connectivity index (χ3n) is 2.46. The van der Waals surface area contributed by atoms with Gasteiger partial charge in [0.15, 0.2) is 0 Å². The Hall–Kier alpha value is -2.12. The Kier molecular flexibility index (Phi) is 4.69. The molecule has 1 aromatic carbocycles. The number of methoxy groups -OCH3 is 1. The Balaban J connectivity index is 3.03. The van der Waals surface area contributed by atoms with Crippen LogP contribution in [0.5, 0.6) is 0 Å². The molecule has 0 unspecified atom stereocenters. The van der Waals surface area contributed by atoms with Gasteiger partial charge in [-0.1, -0.05) is 0 Å². The van der Waals surface area contributed by atoms with Gasteiger partial charge >= 0.3 is 12.1 Å². The Morgan fingerprint density at radius 3 is 2.40 bits per heavy atom. The predicted molar refractivity (Wildman–Crippen MR) is 60.4 cm³/mol. The SMILES string of the molecule is COC(=O)CN(C)C(=O)c1ccc(F)c(C(F)(F)F)c1. The number of ether oxygens (including phenoxy) is 1. The van der Waals surface area contributed by atoms with Gasteiger partial charge in [-0.2, -0.15) is 13.2 Å². The molecule has 0 fully saturated rings. The number of rotatable bonds is 3. The second kappa shape index (κ2) is 5.89. The van der Waals surface area contributed by atoms with Crippen LogP contribution in [0, 0.1) is 5.82 Å². The van der Waals surface area contributed by atoms with Crippen molar-refractivity contribution in [2.75, 3.05) is 20.7 Å². The van der Waals surface area contributed by atoms with E-state index in [4.69, 9.17) is 0 Å². The molecular formula is C12H11F4NO3. The maximum Gasteiger partial charge on any atom is 0.419 e. The standard InChI is InChI=1S/C12H11F4NO3/c1-17(6-10(18)20-2)11(19)7-3-4-9(13)8(5-7)12(14,15)16/h3-5H,6H2,1-2H3. The van der Waals surface area contributed by atoms with Crippen LogP contribution in [0.4, 0.5) is 17.6 Å². The summed E-state index contributed by atoms with van der Waals surface area (Å²) in [5.41, 5.74) is -1.90. The lowest BCUT2D eigenvalue weighted by molar-refractivity contribution is -0.141. The van der Waals surface area contributed by atoms with Crippen molar-refractivity contribution < 1.29 is 31.9 Å². The van der Waals surface area contributed by atoms with Crippen LogP contribution in [-0.4, -0.2) is 37.5 Å². The number of likely N-dealkylation sites (N-methyl/N-ethyl adjacent to an activating group) is 1. The summed E-state index contributed by atoms with van der Waals surface area (Å²) in [6.07, 6.45) is -4.90. The zero-order valence-electron chi connectivity index (χ0n) is 10.6. The first-order valence-corrected chi connectivity index (χ1v) is 5.36. The first-order valence-electron chi connectivity index (χ1n) is 5.36. The number of halogens is 4. The average molecular weight is 293 g/mol. The van der Waals surface area contributed by atoms with Gasteiger partial charge in [0.25, 0.3) is 5.91 Å². The minimum Gasteiger partial charge on any atom is -0.468 e. The van der Waals surface area contributed by atoms with Crippen molar-refractivity contribution >= 4 is 11.9 Å². The quantitative estimate of drug-likeness (QED) is 0.633. The smallest absolute Gasteiger partial charge is 0.419 e. The molecule has 4 nitrogen and oxygen atoms in total. The van der Waals surface area contributed by atoms with Crippen molar-refractivity contribution in [3.05, 3.63) is 35.1 Å². The molecule has 1 rings (SSSR count). The number of benzene rings is 1. The van der Waals surface area contributed by atoms with Gasteiger partial charge in [0.05, 0.1) is 12.7 Å². The normalized spacial score (nSPS) is 11.1. The first kappa shape index (κ1) is 15.9. The molecule has 0 aliphatic rings. The summed E-state index contributed by atoms with van der Waals surface area (Å²) in [4.78, 5) is 23.7. The lowest BCUT2D eigenvalue weighted by Gasteiger charge is -2.16. The largest absolute Gasteiger partial charge is 0.468 e. The highest BCUT2D eigenvalue weighted by molar-refractivity contribution is 5.96. The molecule has 0 spiro atoms. The summed E-state index contributed by atoms with van der Waals surface area (Å²) in [5.74, 6) is -3.04. The number of hydrogen-bond donors (Lipinski definition) is 0. The minimum atomic E-state index is -4.90. The molecule has 0 aliphatic heterocycles. The molecule has 8 heteroatoms. The molecule has 110 valence electrons. The highest BCUT2D eigenvalue weighted by atomic mass is 19.4. The molecule has 1 amide bonds. The predicted octanol–water partition coefficient (Wildman–Crippen LogP) is 2.09. The number of nitrogens with zero attached hydrogens (tertiary/aromatic N) is 1. The summed E-state index contributed by atoms with van der Waals surface area (Å²) in [7, 11) is 2.33. The van der Waals surface area contributed by atoms with Crippen molar-refractivity contribution in [2.24, 2.45) is 0 Å². The number of carbonyl (C=O) groups excluding carboxylic acids is 2. The second-order valence-corrected chi connectivity index (χ2v) is 3.93. The van der Waals surface area contributed by atoms with Crippen molar-refractivity contribution in [2.45, 2.75) is 6.18 Å². The lowest BCUT2D eigenvalue weighted by Crippen LogP contribution is -2.32. The van der Waals surface area contributed by atoms with Crippen LogP contribution in [0.25, 0.3) is 0 Å². The van der Waals surface area contributed by atoms with E-state index in [-0.39, 0.29) is 5.56 Å². The molecule has 0 N–H and O–H groups in total. The highest BCUT2D eigenvalue weighted by Gasteiger charge is 2.35. The number of alkyl halides is 3.